The molecule has 6 nitrogen and oxygen atoms in total. The molecule has 2 aromatic heterocycles. The molecule has 0 saturated carbocycles. The van der Waals surface area contributed by atoms with Crippen LogP contribution in [-0.4, -0.2) is 27.4 Å². The molecule has 108 valence electrons. The number of nitrogens with zero attached hydrogens (tertiary/aromatic N) is 3. The van der Waals surface area contributed by atoms with Crippen molar-refractivity contribution in [3.05, 3.63) is 53.9 Å². The third-order valence-corrected chi connectivity index (χ3v) is 3.46. The maximum absolute atomic E-state index is 12.1. The zero-order valence-corrected chi connectivity index (χ0v) is 11.6. The Morgan fingerprint density at radius 2 is 2.33 bits per heavy atom. The molecule has 1 fully saturated rings. The maximum Gasteiger partial charge on any atom is 0.271 e. The summed E-state index contributed by atoms with van der Waals surface area (Å²) in [6.45, 7) is 1.37. The van der Waals surface area contributed by atoms with Gasteiger partial charge < -0.3 is 10.6 Å². The van der Waals surface area contributed by atoms with Crippen LogP contribution in [0.3, 0.4) is 0 Å². The zero-order chi connectivity index (χ0) is 14.5. The van der Waals surface area contributed by atoms with E-state index in [1.165, 1.54) is 6.20 Å². The van der Waals surface area contributed by atoms with E-state index in [-0.39, 0.29) is 11.9 Å². The van der Waals surface area contributed by atoms with Crippen LogP contribution in [0.5, 0.6) is 0 Å². The first-order chi connectivity index (χ1) is 10.3. The van der Waals surface area contributed by atoms with Crippen molar-refractivity contribution in [2.75, 3.05) is 6.54 Å². The van der Waals surface area contributed by atoms with Crippen molar-refractivity contribution in [2.24, 2.45) is 0 Å². The Bertz CT molecular complexity index is 610. The number of rotatable bonds is 4. The molecule has 0 spiro atoms. The van der Waals surface area contributed by atoms with Gasteiger partial charge in [-0.3, -0.25) is 14.8 Å². The van der Waals surface area contributed by atoms with Crippen LogP contribution in [-0.2, 0) is 6.54 Å². The second-order valence-corrected chi connectivity index (χ2v) is 4.98. The number of hydrogen-bond acceptors (Lipinski definition) is 5. The lowest BCUT2D eigenvalue weighted by atomic mass is 10.1. The molecule has 0 aliphatic carbocycles. The van der Waals surface area contributed by atoms with Crippen LogP contribution in [0.25, 0.3) is 0 Å². The fourth-order valence-electron chi connectivity index (χ4n) is 2.36. The van der Waals surface area contributed by atoms with E-state index < -0.39 is 0 Å². The van der Waals surface area contributed by atoms with E-state index in [4.69, 9.17) is 0 Å². The largest absolute Gasteiger partial charge is 0.345 e. The molecule has 3 rings (SSSR count). The highest BCUT2D eigenvalue weighted by Gasteiger charge is 2.19. The number of pyridine rings is 1. The van der Waals surface area contributed by atoms with Crippen molar-refractivity contribution in [3.63, 3.8) is 0 Å². The van der Waals surface area contributed by atoms with E-state index in [2.05, 4.69) is 25.6 Å². The Morgan fingerprint density at radius 3 is 3.10 bits per heavy atom. The van der Waals surface area contributed by atoms with Gasteiger partial charge in [-0.1, -0.05) is 6.07 Å². The molecule has 2 aromatic rings. The minimum absolute atomic E-state index is 0.209. The van der Waals surface area contributed by atoms with Gasteiger partial charge in [-0.2, -0.15) is 0 Å². The van der Waals surface area contributed by atoms with Crippen molar-refractivity contribution in [1.82, 2.24) is 25.6 Å². The summed E-state index contributed by atoms with van der Waals surface area (Å²) in [7, 11) is 0. The lowest BCUT2D eigenvalue weighted by Gasteiger charge is -2.10. The molecule has 0 bridgehead atoms. The third-order valence-electron chi connectivity index (χ3n) is 3.46. The predicted octanol–water partition coefficient (Wildman–Crippen LogP) is 1.23. The van der Waals surface area contributed by atoms with Gasteiger partial charge >= 0.3 is 0 Å². The van der Waals surface area contributed by atoms with Gasteiger partial charge in [0.1, 0.15) is 5.69 Å². The minimum atomic E-state index is -0.229. The SMILES string of the molecule is O=C(NCc1ccccn1)c1cncc(C2CCCN2)n1. The van der Waals surface area contributed by atoms with Gasteiger partial charge in [0.15, 0.2) is 0 Å². The van der Waals surface area contributed by atoms with E-state index in [9.17, 15) is 4.79 Å². The predicted molar refractivity (Wildman–Crippen MR) is 77.4 cm³/mol. The average molecular weight is 283 g/mol. The Labute approximate surface area is 123 Å². The summed E-state index contributed by atoms with van der Waals surface area (Å²) in [5, 5.41) is 6.16. The molecule has 1 amide bonds. The van der Waals surface area contributed by atoms with E-state index >= 15 is 0 Å². The highest BCUT2D eigenvalue weighted by molar-refractivity contribution is 5.91. The summed E-state index contributed by atoms with van der Waals surface area (Å²) >= 11 is 0. The van der Waals surface area contributed by atoms with E-state index in [0.29, 0.717) is 12.2 Å². The Hall–Kier alpha value is -2.34. The van der Waals surface area contributed by atoms with Gasteiger partial charge in [0.25, 0.3) is 5.91 Å². The summed E-state index contributed by atoms with van der Waals surface area (Å²) in [5.41, 5.74) is 1.99. The van der Waals surface area contributed by atoms with Crippen LogP contribution in [0.2, 0.25) is 0 Å². The molecule has 21 heavy (non-hydrogen) atoms. The highest BCUT2D eigenvalue weighted by Crippen LogP contribution is 2.20. The minimum Gasteiger partial charge on any atom is -0.345 e. The molecule has 0 aromatic carbocycles. The fraction of sp³-hybridized carbons (Fsp3) is 0.333. The van der Waals surface area contributed by atoms with Crippen molar-refractivity contribution >= 4 is 5.91 Å². The Balaban J connectivity index is 1.65. The van der Waals surface area contributed by atoms with E-state index in [1.807, 2.05) is 18.2 Å². The number of amides is 1. The van der Waals surface area contributed by atoms with Gasteiger partial charge in [0.05, 0.1) is 36.4 Å². The van der Waals surface area contributed by atoms with Crippen LogP contribution in [0, 0.1) is 0 Å². The number of aromatic nitrogens is 3. The van der Waals surface area contributed by atoms with Gasteiger partial charge in [0.2, 0.25) is 0 Å². The molecule has 1 atom stereocenters. The van der Waals surface area contributed by atoms with Gasteiger partial charge in [0, 0.05) is 6.20 Å². The summed E-state index contributed by atoms with van der Waals surface area (Å²) in [4.78, 5) is 24.8. The molecule has 1 aliphatic heterocycles. The molecule has 1 saturated heterocycles. The van der Waals surface area contributed by atoms with Crippen molar-refractivity contribution in [3.8, 4) is 0 Å². The topological polar surface area (TPSA) is 79.8 Å². The smallest absolute Gasteiger partial charge is 0.271 e. The number of carbonyl (C=O) groups excluding carboxylic acids is 1. The summed E-state index contributed by atoms with van der Waals surface area (Å²) in [6.07, 6.45) is 7.08. The van der Waals surface area contributed by atoms with Crippen LogP contribution in [0.1, 0.15) is 40.8 Å². The second-order valence-electron chi connectivity index (χ2n) is 4.98. The lowest BCUT2D eigenvalue weighted by molar-refractivity contribution is 0.0944. The van der Waals surface area contributed by atoms with Gasteiger partial charge in [-0.15, -0.1) is 0 Å². The first-order valence-electron chi connectivity index (χ1n) is 7.06. The van der Waals surface area contributed by atoms with Crippen LogP contribution in [0.4, 0.5) is 0 Å². The number of nitrogens with one attached hydrogen (secondary N) is 2. The third kappa shape index (κ3) is 3.41. The average Bonchev–Trinajstić information content (AvgIpc) is 3.08. The van der Waals surface area contributed by atoms with Crippen molar-refractivity contribution in [2.45, 2.75) is 25.4 Å². The number of hydrogen-bond donors (Lipinski definition) is 2. The van der Waals surface area contributed by atoms with Crippen LogP contribution < -0.4 is 10.6 Å². The standard InChI is InChI=1S/C15H17N5O/c21-15(19-8-11-4-1-2-6-17-11)14-10-16-9-13(20-14)12-5-3-7-18-12/h1-2,4,6,9-10,12,18H,3,5,7-8H2,(H,19,21). The molecule has 6 heteroatoms. The first kappa shape index (κ1) is 13.6. The van der Waals surface area contributed by atoms with Crippen molar-refractivity contribution < 1.29 is 4.79 Å². The summed E-state index contributed by atoms with van der Waals surface area (Å²) < 4.78 is 0. The number of carbonyl (C=O) groups is 1. The normalized spacial score (nSPS) is 17.6. The maximum atomic E-state index is 12.1. The summed E-state index contributed by atoms with van der Waals surface area (Å²) in [5.74, 6) is -0.229. The Kier molecular flexibility index (Phi) is 4.16. The molecule has 2 N–H and O–H groups in total. The first-order valence-corrected chi connectivity index (χ1v) is 7.06. The second kappa shape index (κ2) is 6.41. The molecular formula is C15H17N5O. The molecule has 0 radical (unpaired) electrons. The van der Waals surface area contributed by atoms with Crippen molar-refractivity contribution in [1.29, 1.82) is 0 Å². The van der Waals surface area contributed by atoms with E-state index in [0.717, 1.165) is 30.8 Å². The Morgan fingerprint density at radius 1 is 1.38 bits per heavy atom. The lowest BCUT2D eigenvalue weighted by Crippen LogP contribution is -2.25. The summed E-state index contributed by atoms with van der Waals surface area (Å²) in [6, 6.07) is 5.81. The monoisotopic (exact) mass is 283 g/mol. The van der Waals surface area contributed by atoms with Crippen LogP contribution >= 0.6 is 0 Å². The zero-order valence-electron chi connectivity index (χ0n) is 11.6. The molecule has 3 heterocycles. The molecule has 1 aliphatic rings. The molecule has 1 unspecified atom stereocenters. The highest BCUT2D eigenvalue weighted by atomic mass is 16.1. The fourth-order valence-corrected chi connectivity index (χ4v) is 2.36. The van der Waals surface area contributed by atoms with Gasteiger partial charge in [-0.25, -0.2) is 4.98 Å². The quantitative estimate of drug-likeness (QED) is 0.882. The van der Waals surface area contributed by atoms with Gasteiger partial charge in [-0.05, 0) is 31.5 Å². The van der Waals surface area contributed by atoms with Crippen LogP contribution in [0.15, 0.2) is 36.8 Å². The van der Waals surface area contributed by atoms with E-state index in [1.54, 1.807) is 12.4 Å². The molecular weight excluding hydrogens is 266 g/mol.